The van der Waals surface area contributed by atoms with Gasteiger partial charge in [0.25, 0.3) is 0 Å². The Morgan fingerprint density at radius 1 is 1.35 bits per heavy atom. The first-order valence-corrected chi connectivity index (χ1v) is 6.07. The maximum atomic E-state index is 12.9. The predicted molar refractivity (Wildman–Crippen MR) is 56.4 cm³/mol. The van der Waals surface area contributed by atoms with Gasteiger partial charge in [-0.05, 0) is 25.1 Å². The summed E-state index contributed by atoms with van der Waals surface area (Å²) >= 11 is 0. The number of hydrogen-bond donors (Lipinski definition) is 0. The van der Waals surface area contributed by atoms with Crippen molar-refractivity contribution < 1.29 is 17.2 Å². The first-order valence-electron chi connectivity index (χ1n) is 4.63. The van der Waals surface area contributed by atoms with Crippen molar-refractivity contribution in [2.75, 3.05) is 7.05 Å². The second-order valence-electron chi connectivity index (χ2n) is 3.40. The largest absolute Gasteiger partial charge is 0.244 e. The zero-order valence-corrected chi connectivity index (χ0v) is 10.0. The third-order valence-electron chi connectivity index (χ3n) is 2.30. The quantitative estimate of drug-likeness (QED) is 0.827. The van der Waals surface area contributed by atoms with Crippen molar-refractivity contribution in [1.29, 1.82) is 5.26 Å². The lowest BCUT2D eigenvalue weighted by atomic mass is 10.3. The van der Waals surface area contributed by atoms with Crippen molar-refractivity contribution in [3.05, 3.63) is 29.8 Å². The summed E-state index contributed by atoms with van der Waals surface area (Å²) in [6, 6.07) is 3.12. The fourth-order valence-corrected chi connectivity index (χ4v) is 2.38. The van der Waals surface area contributed by atoms with Crippen LogP contribution in [0, 0.1) is 23.0 Å². The third-order valence-corrected chi connectivity index (χ3v) is 4.22. The first-order chi connectivity index (χ1) is 7.80. The van der Waals surface area contributed by atoms with Crippen LogP contribution < -0.4 is 0 Å². The van der Waals surface area contributed by atoms with Gasteiger partial charge in [0, 0.05) is 7.05 Å². The van der Waals surface area contributed by atoms with Crippen LogP contribution in [0.2, 0.25) is 0 Å². The number of sulfonamides is 1. The summed E-state index contributed by atoms with van der Waals surface area (Å²) in [5, 5.41) is 8.62. The molecule has 1 aromatic rings. The minimum absolute atomic E-state index is 0.388. The van der Waals surface area contributed by atoms with E-state index in [1.54, 1.807) is 6.07 Å². The molecule has 0 heterocycles. The summed E-state index contributed by atoms with van der Waals surface area (Å²) in [5.74, 6) is -2.37. The normalized spacial score (nSPS) is 13.4. The Bertz CT molecular complexity index is 566. The molecular weight excluding hydrogens is 250 g/mol. The van der Waals surface area contributed by atoms with Gasteiger partial charge in [0.1, 0.15) is 6.04 Å². The summed E-state index contributed by atoms with van der Waals surface area (Å²) in [5.41, 5.74) is 0. The minimum atomic E-state index is -3.99. The van der Waals surface area contributed by atoms with E-state index in [1.165, 1.54) is 14.0 Å². The minimum Gasteiger partial charge on any atom is -0.207 e. The first kappa shape index (κ1) is 13.5. The average Bonchev–Trinajstić information content (AvgIpc) is 2.30. The maximum Gasteiger partial charge on any atom is 0.244 e. The molecule has 1 unspecified atom stereocenters. The molecule has 0 aliphatic heterocycles. The second-order valence-corrected chi connectivity index (χ2v) is 5.40. The van der Waals surface area contributed by atoms with Crippen LogP contribution in [0.3, 0.4) is 0 Å². The van der Waals surface area contributed by atoms with E-state index >= 15 is 0 Å². The van der Waals surface area contributed by atoms with E-state index in [0.29, 0.717) is 6.07 Å². The lowest BCUT2D eigenvalue weighted by molar-refractivity contribution is 0.440. The standard InChI is InChI=1S/C10H10F2N2O2S/c1-7(6-13)14(2)17(15,16)8-3-4-9(11)10(12)5-8/h3-5,7H,1-2H3. The molecule has 17 heavy (non-hydrogen) atoms. The number of hydrogen-bond acceptors (Lipinski definition) is 3. The zero-order chi connectivity index (χ0) is 13.2. The molecule has 0 aliphatic rings. The van der Waals surface area contributed by atoms with Gasteiger partial charge >= 0.3 is 0 Å². The summed E-state index contributed by atoms with van der Waals surface area (Å²) in [4.78, 5) is -0.388. The van der Waals surface area contributed by atoms with E-state index in [4.69, 9.17) is 5.26 Å². The fourth-order valence-electron chi connectivity index (χ4n) is 1.09. The van der Waals surface area contributed by atoms with Crippen LogP contribution in [-0.2, 0) is 10.0 Å². The molecule has 7 heteroatoms. The molecule has 0 spiro atoms. The van der Waals surface area contributed by atoms with E-state index in [1.807, 2.05) is 0 Å². The Kier molecular flexibility index (Phi) is 3.80. The summed E-state index contributed by atoms with van der Waals surface area (Å²) in [6.45, 7) is 1.39. The number of benzene rings is 1. The van der Waals surface area contributed by atoms with Crippen LogP contribution in [0.1, 0.15) is 6.92 Å². The molecule has 0 N–H and O–H groups in total. The van der Waals surface area contributed by atoms with Gasteiger partial charge in [-0.15, -0.1) is 0 Å². The molecule has 0 bridgehead atoms. The van der Waals surface area contributed by atoms with Crippen molar-refractivity contribution in [2.45, 2.75) is 17.9 Å². The Morgan fingerprint density at radius 3 is 2.41 bits per heavy atom. The molecule has 1 rings (SSSR count). The highest BCUT2D eigenvalue weighted by Crippen LogP contribution is 2.18. The SMILES string of the molecule is CC(C#N)N(C)S(=O)(=O)c1ccc(F)c(F)c1. The summed E-state index contributed by atoms with van der Waals surface area (Å²) < 4.78 is 50.2. The topological polar surface area (TPSA) is 61.2 Å². The fraction of sp³-hybridized carbons (Fsp3) is 0.300. The molecule has 0 aromatic heterocycles. The summed E-state index contributed by atoms with van der Waals surface area (Å²) in [6.07, 6.45) is 0. The zero-order valence-electron chi connectivity index (χ0n) is 9.18. The van der Waals surface area contributed by atoms with Crippen LogP contribution in [-0.4, -0.2) is 25.8 Å². The second kappa shape index (κ2) is 4.77. The monoisotopic (exact) mass is 260 g/mol. The Morgan fingerprint density at radius 2 is 1.94 bits per heavy atom. The van der Waals surface area contributed by atoms with Crippen molar-refractivity contribution in [1.82, 2.24) is 4.31 Å². The molecule has 0 radical (unpaired) electrons. The molecular formula is C10H10F2N2O2S. The molecule has 0 fully saturated rings. The molecule has 0 aliphatic carbocycles. The van der Waals surface area contributed by atoms with Gasteiger partial charge in [0.05, 0.1) is 11.0 Å². The van der Waals surface area contributed by atoms with Crippen LogP contribution >= 0.6 is 0 Å². The molecule has 0 saturated carbocycles. The number of halogens is 2. The predicted octanol–water partition coefficient (Wildman–Crippen LogP) is 1.50. The van der Waals surface area contributed by atoms with Crippen molar-refractivity contribution in [3.63, 3.8) is 0 Å². The molecule has 0 amide bonds. The van der Waals surface area contributed by atoms with E-state index in [-0.39, 0.29) is 4.90 Å². The lowest BCUT2D eigenvalue weighted by Gasteiger charge is -2.18. The van der Waals surface area contributed by atoms with Gasteiger partial charge in [-0.1, -0.05) is 0 Å². The molecule has 0 saturated heterocycles. The van der Waals surface area contributed by atoms with Crippen LogP contribution in [0.5, 0.6) is 0 Å². The Labute approximate surface area is 98.1 Å². The number of rotatable bonds is 3. The van der Waals surface area contributed by atoms with E-state index in [0.717, 1.165) is 16.4 Å². The lowest BCUT2D eigenvalue weighted by Crippen LogP contribution is -2.34. The Hall–Kier alpha value is -1.52. The van der Waals surface area contributed by atoms with Crippen LogP contribution in [0.25, 0.3) is 0 Å². The third kappa shape index (κ3) is 2.60. The highest BCUT2D eigenvalue weighted by Gasteiger charge is 2.26. The average molecular weight is 260 g/mol. The van der Waals surface area contributed by atoms with Gasteiger partial charge < -0.3 is 0 Å². The van der Waals surface area contributed by atoms with E-state index in [9.17, 15) is 17.2 Å². The van der Waals surface area contributed by atoms with Crippen molar-refractivity contribution in [3.8, 4) is 6.07 Å². The molecule has 4 nitrogen and oxygen atoms in total. The highest BCUT2D eigenvalue weighted by molar-refractivity contribution is 7.89. The van der Waals surface area contributed by atoms with Crippen LogP contribution in [0.15, 0.2) is 23.1 Å². The summed E-state index contributed by atoms with van der Waals surface area (Å²) in [7, 11) is -2.79. The van der Waals surface area contributed by atoms with Gasteiger partial charge in [0.15, 0.2) is 11.6 Å². The van der Waals surface area contributed by atoms with Gasteiger partial charge in [-0.25, -0.2) is 17.2 Å². The van der Waals surface area contributed by atoms with Crippen molar-refractivity contribution in [2.24, 2.45) is 0 Å². The number of nitrogens with zero attached hydrogens (tertiary/aromatic N) is 2. The van der Waals surface area contributed by atoms with E-state index in [2.05, 4.69) is 0 Å². The van der Waals surface area contributed by atoms with Crippen molar-refractivity contribution >= 4 is 10.0 Å². The van der Waals surface area contributed by atoms with Gasteiger partial charge in [0.2, 0.25) is 10.0 Å². The van der Waals surface area contributed by atoms with Gasteiger partial charge in [-0.2, -0.15) is 9.57 Å². The van der Waals surface area contributed by atoms with E-state index < -0.39 is 27.7 Å². The highest BCUT2D eigenvalue weighted by atomic mass is 32.2. The molecule has 1 atom stereocenters. The smallest absolute Gasteiger partial charge is 0.207 e. The molecule has 1 aromatic carbocycles. The number of nitriles is 1. The van der Waals surface area contributed by atoms with Crippen LogP contribution in [0.4, 0.5) is 8.78 Å². The maximum absolute atomic E-state index is 12.9. The Balaban J connectivity index is 3.23. The van der Waals surface area contributed by atoms with Gasteiger partial charge in [-0.3, -0.25) is 0 Å². The molecule has 92 valence electrons.